The van der Waals surface area contributed by atoms with E-state index in [1.807, 2.05) is 12.8 Å². The maximum absolute atomic E-state index is 13.9. The molecule has 0 spiro atoms. The molecule has 14 unspecified atom stereocenters. The molecular formula is C47H75N4O6+3. The predicted octanol–water partition coefficient (Wildman–Crippen LogP) is 3.37. The number of fused-ring (bicyclic) bond motifs is 2. The Kier molecular flexibility index (Phi) is 15.1. The van der Waals surface area contributed by atoms with Crippen LogP contribution in [0.3, 0.4) is 0 Å². The summed E-state index contributed by atoms with van der Waals surface area (Å²) in [5.74, 6) is 9.18. The fraction of sp³-hybridized carbons (Fsp3) is 0.830. The largest absolute Gasteiger partial charge is 0.393 e. The molecule has 2 saturated heterocycles. The quantitative estimate of drug-likeness (QED) is 0.109. The Morgan fingerprint density at radius 1 is 0.982 bits per heavy atom. The summed E-state index contributed by atoms with van der Waals surface area (Å²) in [4.78, 5) is 30.3. The van der Waals surface area contributed by atoms with Gasteiger partial charge in [0.05, 0.1) is 56.0 Å². The topological polar surface area (TPSA) is 176 Å². The fourth-order valence-corrected chi connectivity index (χ4v) is 13.0. The molecule has 3 saturated carbocycles. The highest BCUT2D eigenvalue weighted by Crippen LogP contribution is 2.51. The van der Waals surface area contributed by atoms with Crippen molar-refractivity contribution in [2.75, 3.05) is 20.2 Å². The monoisotopic (exact) mass is 792 g/mol. The number of ketones is 2. The van der Waals surface area contributed by atoms with E-state index in [1.54, 1.807) is 7.11 Å². The molecule has 0 aromatic rings. The lowest BCUT2D eigenvalue weighted by Crippen LogP contribution is -2.96. The maximum atomic E-state index is 13.9. The van der Waals surface area contributed by atoms with Gasteiger partial charge in [-0.15, -0.1) is 4.99 Å². The summed E-state index contributed by atoms with van der Waals surface area (Å²) in [6.07, 6.45) is 20.7. The number of methoxy groups -OCH3 is 1. The van der Waals surface area contributed by atoms with Crippen molar-refractivity contribution >= 4 is 17.8 Å². The summed E-state index contributed by atoms with van der Waals surface area (Å²) in [5.41, 5.74) is 7.96. The van der Waals surface area contributed by atoms with Gasteiger partial charge < -0.3 is 30.7 Å². The van der Waals surface area contributed by atoms with Crippen LogP contribution in [0.4, 0.5) is 0 Å². The van der Waals surface area contributed by atoms with Crippen molar-refractivity contribution < 1.29 is 40.3 Å². The van der Waals surface area contributed by atoms with Crippen molar-refractivity contribution in [2.24, 2.45) is 63.5 Å². The van der Waals surface area contributed by atoms with Gasteiger partial charge in [-0.3, -0.25) is 15.3 Å². The predicted molar refractivity (Wildman–Crippen MR) is 220 cm³/mol. The van der Waals surface area contributed by atoms with E-state index >= 15 is 0 Å². The second-order valence-corrected chi connectivity index (χ2v) is 19.8. The van der Waals surface area contributed by atoms with Crippen molar-refractivity contribution in [3.8, 4) is 11.8 Å². The molecule has 0 aromatic carbocycles. The van der Waals surface area contributed by atoms with Crippen LogP contribution in [0.1, 0.15) is 135 Å². The molecule has 10 heteroatoms. The van der Waals surface area contributed by atoms with Crippen LogP contribution >= 0.6 is 0 Å². The van der Waals surface area contributed by atoms with Gasteiger partial charge in [0.15, 0.2) is 6.21 Å². The third-order valence-electron chi connectivity index (χ3n) is 16.4. The molecule has 3 heterocycles. The van der Waals surface area contributed by atoms with E-state index in [0.29, 0.717) is 85.9 Å². The fourth-order valence-electron chi connectivity index (χ4n) is 13.0. The summed E-state index contributed by atoms with van der Waals surface area (Å²) in [7, 11) is 1.66. The number of aliphatic imine (C=N–C) groups is 1. The summed E-state index contributed by atoms with van der Waals surface area (Å²) < 4.78 is 5.70. The van der Waals surface area contributed by atoms with Crippen LogP contribution in [0.5, 0.6) is 0 Å². The van der Waals surface area contributed by atoms with Gasteiger partial charge in [-0.2, -0.15) is 0 Å². The van der Waals surface area contributed by atoms with Crippen molar-refractivity contribution in [1.29, 1.82) is 0 Å². The van der Waals surface area contributed by atoms with Crippen LogP contribution in [0, 0.1) is 71.1 Å². The number of aliphatic hydroxyl groups excluding tert-OH is 3. The normalized spacial score (nSPS) is 39.0. The third-order valence-corrected chi connectivity index (χ3v) is 16.4. The molecule has 7 rings (SSSR count). The van der Waals surface area contributed by atoms with E-state index in [-0.39, 0.29) is 35.8 Å². The highest BCUT2D eigenvalue weighted by molar-refractivity contribution is 5.84. The second kappa shape index (κ2) is 20.0. The molecule has 5 fully saturated rings. The molecule has 0 radical (unpaired) electrons. The lowest BCUT2D eigenvalue weighted by Gasteiger charge is -2.45. The Morgan fingerprint density at radius 2 is 1.79 bits per heavy atom. The zero-order chi connectivity index (χ0) is 39.9. The highest BCUT2D eigenvalue weighted by atomic mass is 16.5. The number of hydrogen-bond donors (Lipinski definition) is 6. The maximum Gasteiger partial charge on any atom is 0.176 e. The number of quaternary nitrogens is 2. The SMILES string of the molecule is COC1CC2CCC(=O)C(C(O)CCCC3(C4C[NH2+]C5CC(=O)CCC5C4)CCCC3)C#CC(CCC(O)CCC3CC(N)[NH2+]CC3CC3=C[CH+]N=C3)C2CC1O. The van der Waals surface area contributed by atoms with Gasteiger partial charge >= 0.3 is 0 Å². The molecule has 57 heavy (non-hydrogen) atoms. The van der Waals surface area contributed by atoms with Crippen LogP contribution in [0.2, 0.25) is 0 Å². The van der Waals surface area contributed by atoms with E-state index in [2.05, 4.69) is 33.5 Å². The van der Waals surface area contributed by atoms with E-state index in [4.69, 9.17) is 10.5 Å². The lowest BCUT2D eigenvalue weighted by molar-refractivity contribution is -0.713. The lowest BCUT2D eigenvalue weighted by atomic mass is 9.63. The van der Waals surface area contributed by atoms with Crippen LogP contribution < -0.4 is 16.4 Å². The van der Waals surface area contributed by atoms with Gasteiger partial charge in [0.1, 0.15) is 35.8 Å². The minimum Gasteiger partial charge on any atom is -0.393 e. The first-order chi connectivity index (χ1) is 27.6. The Bertz CT molecular complexity index is 1480. The minimum absolute atomic E-state index is 0.0416. The zero-order valence-corrected chi connectivity index (χ0v) is 34.8. The number of ether oxygens (including phenoxy) is 1. The molecule has 316 valence electrons. The number of Topliss-reactive ketones (excluding diaryl/α,β-unsaturated/α-hetero) is 2. The van der Waals surface area contributed by atoms with Crippen LogP contribution in [0.25, 0.3) is 0 Å². The first-order valence-corrected chi connectivity index (χ1v) is 23.2. The number of nitrogens with zero attached hydrogens (tertiary/aromatic N) is 1. The van der Waals surface area contributed by atoms with E-state index in [1.165, 1.54) is 37.7 Å². The minimum atomic E-state index is -0.796. The molecule has 3 aliphatic heterocycles. The van der Waals surface area contributed by atoms with Gasteiger partial charge in [0.2, 0.25) is 0 Å². The Balaban J connectivity index is 0.977. The van der Waals surface area contributed by atoms with Crippen LogP contribution in [-0.4, -0.2) is 89.9 Å². The van der Waals surface area contributed by atoms with Crippen molar-refractivity contribution in [1.82, 2.24) is 0 Å². The zero-order valence-electron chi connectivity index (χ0n) is 34.8. The Hall–Kier alpha value is -2.10. The number of hydrogen-bond acceptors (Lipinski definition) is 8. The van der Waals surface area contributed by atoms with Crippen molar-refractivity contribution in [3.05, 3.63) is 18.2 Å². The number of allylic oxidation sites excluding steroid dienone is 1. The molecule has 7 aliphatic rings. The van der Waals surface area contributed by atoms with Crippen molar-refractivity contribution in [3.63, 3.8) is 0 Å². The Labute approximate surface area is 342 Å². The summed E-state index contributed by atoms with van der Waals surface area (Å²) >= 11 is 0. The number of carbonyl (C=O) groups is 2. The van der Waals surface area contributed by atoms with Crippen LogP contribution in [0.15, 0.2) is 16.6 Å². The second-order valence-electron chi connectivity index (χ2n) is 19.8. The molecule has 0 bridgehead atoms. The molecule has 0 amide bonds. The first kappa shape index (κ1) is 43.0. The summed E-state index contributed by atoms with van der Waals surface area (Å²) in [6.45, 7) is 3.97. The van der Waals surface area contributed by atoms with Gasteiger partial charge in [-0.25, -0.2) is 0 Å². The van der Waals surface area contributed by atoms with Crippen LogP contribution in [-0.2, 0) is 14.3 Å². The standard InChI is InChI=1S/C47H73N4O6/c1-57-45-23-33-10-15-43(55)39(42(54)5-4-19-47(17-2-3-18-47)36-22-34-8-13-38(53)25-41(34)50-29-36)14-9-31(40(33)26-44(45)56)6-11-37(52)12-7-32-24-46(48)51-28-35(32)21-30-16-20-49-27-30/h16,20,27,31-37,39-42,44-46,50-52,54,56H,2-8,10-13,15,17-19,21-26,28-29,48H2,1H3/q+1/p+2. The number of rotatable bonds is 15. The smallest absolute Gasteiger partial charge is 0.176 e. The molecule has 14 atom stereocenters. The first-order valence-electron chi connectivity index (χ1n) is 23.2. The summed E-state index contributed by atoms with van der Waals surface area (Å²) in [6, 6.07) is 0.474. The number of piperidine rings is 2. The van der Waals surface area contributed by atoms with E-state index in [0.717, 1.165) is 70.9 Å². The summed E-state index contributed by atoms with van der Waals surface area (Å²) in [5, 5.41) is 39.0. The number of carbonyl (C=O) groups excluding carboxylic acids is 2. The van der Waals surface area contributed by atoms with E-state index < -0.39 is 24.2 Å². The Morgan fingerprint density at radius 3 is 2.58 bits per heavy atom. The van der Waals surface area contributed by atoms with Gasteiger partial charge in [0.25, 0.3) is 0 Å². The third kappa shape index (κ3) is 10.8. The van der Waals surface area contributed by atoms with Crippen molar-refractivity contribution in [2.45, 2.75) is 171 Å². The van der Waals surface area contributed by atoms with E-state index in [9.17, 15) is 24.9 Å². The number of aliphatic hydroxyl groups is 3. The van der Waals surface area contributed by atoms with Gasteiger partial charge in [-0.05, 0) is 107 Å². The average Bonchev–Trinajstić information content (AvgIpc) is 3.92. The molecule has 4 aliphatic carbocycles. The highest BCUT2D eigenvalue weighted by Gasteiger charge is 2.48. The molecule has 10 nitrogen and oxygen atoms in total. The van der Waals surface area contributed by atoms with Gasteiger partial charge in [0, 0.05) is 56.5 Å². The van der Waals surface area contributed by atoms with Gasteiger partial charge in [-0.1, -0.05) is 31.1 Å². The molecule has 0 aromatic heterocycles. The molecular weight excluding hydrogens is 717 g/mol. The molecule has 9 N–H and O–H groups in total. The average molecular weight is 792 g/mol. The number of nitrogens with two attached hydrogens (primary N) is 3.